The highest BCUT2D eigenvalue weighted by molar-refractivity contribution is 7.18. The van der Waals surface area contributed by atoms with E-state index in [1.54, 1.807) is 44.2 Å². The van der Waals surface area contributed by atoms with Crippen molar-refractivity contribution in [2.75, 3.05) is 12.6 Å². The maximum absolute atomic E-state index is 12.8. The molecule has 2 aromatic carbocycles. The lowest BCUT2D eigenvalue weighted by Gasteiger charge is -2.26. The molecule has 1 unspecified atom stereocenters. The minimum atomic E-state index is -1.31. The van der Waals surface area contributed by atoms with E-state index in [0.717, 1.165) is 4.70 Å². The molecule has 1 N–H and O–H groups in total. The fourth-order valence-corrected chi connectivity index (χ4v) is 3.80. The monoisotopic (exact) mass is 403 g/mol. The van der Waals surface area contributed by atoms with E-state index in [9.17, 15) is 9.59 Å². The highest BCUT2D eigenvalue weighted by atomic mass is 35.5. The zero-order chi connectivity index (χ0) is 19.6. The summed E-state index contributed by atoms with van der Waals surface area (Å²) in [4.78, 5) is 31.4. The van der Waals surface area contributed by atoms with Crippen LogP contribution in [0.2, 0.25) is 5.02 Å². The predicted molar refractivity (Wildman–Crippen MR) is 108 cm³/mol. The van der Waals surface area contributed by atoms with Gasteiger partial charge in [-0.25, -0.2) is 10.3 Å². The molecule has 0 aliphatic carbocycles. The summed E-state index contributed by atoms with van der Waals surface area (Å²) in [6, 6.07) is 14.1. The van der Waals surface area contributed by atoms with Crippen LogP contribution in [0.3, 0.4) is 0 Å². The van der Waals surface area contributed by atoms with Gasteiger partial charge in [-0.15, -0.1) is 11.3 Å². The van der Waals surface area contributed by atoms with Gasteiger partial charge in [-0.3, -0.25) is 4.79 Å². The molecule has 5 nitrogen and oxygen atoms in total. The third kappa shape index (κ3) is 3.69. The van der Waals surface area contributed by atoms with Gasteiger partial charge in [0.1, 0.15) is 5.69 Å². The Hall–Kier alpha value is -2.41. The van der Waals surface area contributed by atoms with Gasteiger partial charge in [-0.1, -0.05) is 41.9 Å². The van der Waals surface area contributed by atoms with Crippen LogP contribution in [0.5, 0.6) is 0 Å². The average molecular weight is 404 g/mol. The zero-order valence-corrected chi connectivity index (χ0v) is 16.6. The van der Waals surface area contributed by atoms with E-state index in [2.05, 4.69) is 5.48 Å². The molecule has 1 atom stereocenters. The maximum Gasteiger partial charge on any atom is 0.367 e. The lowest BCUT2D eigenvalue weighted by Crippen LogP contribution is -2.37. The van der Waals surface area contributed by atoms with Crippen molar-refractivity contribution in [1.82, 2.24) is 0 Å². The normalized spacial score (nSPS) is 13.2. The summed E-state index contributed by atoms with van der Waals surface area (Å²) in [6.45, 7) is 3.39. The fourth-order valence-electron chi connectivity index (χ4n) is 2.67. The first-order chi connectivity index (χ1) is 12.9. The third-order valence-corrected chi connectivity index (χ3v) is 5.72. The van der Waals surface area contributed by atoms with Crippen molar-refractivity contribution >= 4 is 44.7 Å². The van der Waals surface area contributed by atoms with Crippen LogP contribution in [0.1, 0.15) is 17.4 Å². The van der Waals surface area contributed by atoms with Crippen molar-refractivity contribution < 1.29 is 14.4 Å². The van der Waals surface area contributed by atoms with Crippen molar-refractivity contribution in [2.24, 2.45) is 0 Å². The van der Waals surface area contributed by atoms with Gasteiger partial charge in [0.2, 0.25) is 5.43 Å². The molecule has 0 spiro atoms. The number of methoxy groups -OCH3 is 1. The number of carbonyl (C=O) groups excluding carboxylic acids is 1. The number of fused-ring (bicyclic) bond motifs is 1. The van der Waals surface area contributed by atoms with Crippen molar-refractivity contribution in [3.63, 3.8) is 0 Å². The summed E-state index contributed by atoms with van der Waals surface area (Å²) in [6.07, 6.45) is 0. The third-order valence-electron chi connectivity index (χ3n) is 4.40. The second-order valence-corrected chi connectivity index (χ2v) is 7.79. The molecule has 27 heavy (non-hydrogen) atoms. The van der Waals surface area contributed by atoms with Gasteiger partial charge < -0.3 is 9.57 Å². The van der Waals surface area contributed by atoms with Crippen LogP contribution in [0, 0.1) is 6.92 Å². The van der Waals surface area contributed by atoms with E-state index in [0.29, 0.717) is 20.8 Å². The quantitative estimate of drug-likeness (QED) is 0.628. The van der Waals surface area contributed by atoms with Crippen molar-refractivity contribution in [2.45, 2.75) is 19.4 Å². The number of rotatable bonds is 5. The molecular formula is C20H18ClNO4S. The molecule has 0 aliphatic rings. The van der Waals surface area contributed by atoms with Gasteiger partial charge in [-0.2, -0.15) is 0 Å². The average Bonchev–Trinajstić information content (AvgIpc) is 2.68. The van der Waals surface area contributed by atoms with Crippen LogP contribution < -0.4 is 10.9 Å². The molecule has 3 rings (SSSR count). The van der Waals surface area contributed by atoms with E-state index in [4.69, 9.17) is 21.2 Å². The Morgan fingerprint density at radius 2 is 1.89 bits per heavy atom. The highest BCUT2D eigenvalue weighted by Gasteiger charge is 2.37. The summed E-state index contributed by atoms with van der Waals surface area (Å²) >= 11 is 7.41. The highest BCUT2D eigenvalue weighted by Crippen LogP contribution is 2.28. The van der Waals surface area contributed by atoms with Crippen LogP contribution >= 0.6 is 22.9 Å². The molecule has 0 bridgehead atoms. The van der Waals surface area contributed by atoms with Crippen molar-refractivity contribution in [3.8, 4) is 0 Å². The van der Waals surface area contributed by atoms with Gasteiger partial charge >= 0.3 is 5.97 Å². The van der Waals surface area contributed by atoms with Crippen LogP contribution in [0.25, 0.3) is 10.1 Å². The fraction of sp³-hybridized carbons (Fsp3) is 0.200. The van der Waals surface area contributed by atoms with E-state index < -0.39 is 11.6 Å². The predicted octanol–water partition coefficient (Wildman–Crippen LogP) is 4.66. The molecule has 3 aromatic rings. The minimum Gasteiger partial charge on any atom is -0.362 e. The Kier molecular flexibility index (Phi) is 5.51. The molecular weight excluding hydrogens is 386 g/mol. The molecule has 140 valence electrons. The number of ether oxygens (including phenoxy) is 1. The number of halogens is 1. The van der Waals surface area contributed by atoms with Gasteiger partial charge in [0, 0.05) is 27.1 Å². The Balaban J connectivity index is 1.90. The number of carbonyl (C=O) groups is 1. The Morgan fingerprint density at radius 3 is 2.56 bits per heavy atom. The van der Waals surface area contributed by atoms with Gasteiger partial charge in [0.25, 0.3) is 0 Å². The van der Waals surface area contributed by atoms with Crippen LogP contribution in [0.4, 0.5) is 5.69 Å². The molecule has 1 aromatic heterocycles. The van der Waals surface area contributed by atoms with Crippen molar-refractivity contribution in [3.05, 3.63) is 74.2 Å². The molecule has 7 heteroatoms. The Bertz CT molecular complexity index is 1050. The smallest absolute Gasteiger partial charge is 0.362 e. The first-order valence-corrected chi connectivity index (χ1v) is 9.37. The largest absolute Gasteiger partial charge is 0.367 e. The molecule has 0 fully saturated rings. The standard InChI is InChI=1S/C20H18ClNO4S/c1-12-17(18(23)15-11-14(21)9-10-16(15)27-12)22-26-19(24)20(2,25-3)13-7-5-4-6-8-13/h4-11,22H,1-3H3. The first kappa shape index (κ1) is 19.4. The van der Waals surface area contributed by atoms with Gasteiger partial charge in [0.05, 0.1) is 0 Å². The van der Waals surface area contributed by atoms with Gasteiger partial charge in [0.15, 0.2) is 5.60 Å². The Labute approximate surface area is 165 Å². The number of nitrogens with one attached hydrogen (secondary N) is 1. The summed E-state index contributed by atoms with van der Waals surface area (Å²) in [5, 5.41) is 0.934. The maximum atomic E-state index is 12.8. The van der Waals surface area contributed by atoms with Crippen LogP contribution in [-0.4, -0.2) is 13.1 Å². The van der Waals surface area contributed by atoms with E-state index in [1.165, 1.54) is 18.4 Å². The lowest BCUT2D eigenvalue weighted by molar-refractivity contribution is -0.165. The number of hydrogen-bond acceptors (Lipinski definition) is 6. The van der Waals surface area contributed by atoms with E-state index >= 15 is 0 Å². The molecule has 0 saturated heterocycles. The minimum absolute atomic E-state index is 0.203. The summed E-state index contributed by atoms with van der Waals surface area (Å²) in [5.41, 5.74) is 1.78. The number of benzene rings is 2. The Morgan fingerprint density at radius 1 is 1.19 bits per heavy atom. The molecule has 1 heterocycles. The van der Waals surface area contributed by atoms with Gasteiger partial charge in [-0.05, 0) is 37.6 Å². The first-order valence-electron chi connectivity index (χ1n) is 8.17. The van der Waals surface area contributed by atoms with E-state index in [-0.39, 0.29) is 11.1 Å². The zero-order valence-electron chi connectivity index (χ0n) is 15.0. The molecule has 0 saturated carbocycles. The number of aryl methyl sites for hydroxylation is 1. The summed E-state index contributed by atoms with van der Waals surface area (Å²) in [7, 11) is 1.43. The molecule has 0 amide bonds. The second kappa shape index (κ2) is 7.68. The number of hydrogen-bond donors (Lipinski definition) is 1. The molecule has 0 aliphatic heterocycles. The summed E-state index contributed by atoms with van der Waals surface area (Å²) < 4.78 is 6.22. The SMILES string of the molecule is COC(C)(C(=O)ONc1c(C)sc2ccc(Cl)cc2c1=O)c1ccccc1. The second-order valence-electron chi connectivity index (χ2n) is 6.10. The van der Waals surface area contributed by atoms with Crippen LogP contribution in [0.15, 0.2) is 53.3 Å². The summed E-state index contributed by atoms with van der Waals surface area (Å²) in [5.74, 6) is -0.661. The van der Waals surface area contributed by atoms with Crippen molar-refractivity contribution in [1.29, 1.82) is 0 Å². The molecule has 0 radical (unpaired) electrons. The topological polar surface area (TPSA) is 64.6 Å². The van der Waals surface area contributed by atoms with E-state index in [1.807, 2.05) is 18.2 Å². The lowest BCUT2D eigenvalue weighted by atomic mass is 9.96. The van der Waals surface area contributed by atoms with Crippen LogP contribution in [-0.2, 0) is 20.0 Å². The number of anilines is 1.